The minimum absolute atomic E-state index is 0.0487. The molecule has 0 atom stereocenters. The number of benzene rings is 2. The number of amides is 1. The van der Waals surface area contributed by atoms with E-state index in [4.69, 9.17) is 9.47 Å². The molecule has 0 saturated carbocycles. The first-order valence-corrected chi connectivity index (χ1v) is 9.89. The van der Waals surface area contributed by atoms with Crippen molar-refractivity contribution >= 4 is 5.91 Å². The fourth-order valence-electron chi connectivity index (χ4n) is 3.43. The summed E-state index contributed by atoms with van der Waals surface area (Å²) in [6.07, 6.45) is 2.01. The van der Waals surface area contributed by atoms with Gasteiger partial charge >= 0.3 is 0 Å². The van der Waals surface area contributed by atoms with Gasteiger partial charge in [0.25, 0.3) is 5.91 Å². The van der Waals surface area contributed by atoms with Crippen LogP contribution in [0.5, 0.6) is 11.5 Å². The maximum atomic E-state index is 12.8. The number of carbonyl (C=O) groups excluding carboxylic acids is 1. The number of hydrogen-bond donors (Lipinski definition) is 1. The van der Waals surface area contributed by atoms with E-state index >= 15 is 0 Å². The van der Waals surface area contributed by atoms with Gasteiger partial charge in [0, 0.05) is 24.0 Å². The monoisotopic (exact) mass is 392 g/mol. The lowest BCUT2D eigenvalue weighted by atomic mass is 10.1. The minimum atomic E-state index is -0.0487. The molecule has 1 heterocycles. The van der Waals surface area contributed by atoms with E-state index in [1.165, 1.54) is 0 Å². The summed E-state index contributed by atoms with van der Waals surface area (Å²) in [6.45, 7) is 4.76. The molecule has 0 fully saturated rings. The van der Waals surface area contributed by atoms with Crippen LogP contribution in [-0.2, 0) is 0 Å². The summed E-state index contributed by atoms with van der Waals surface area (Å²) in [5.74, 6) is 1.26. The third-order valence-corrected chi connectivity index (χ3v) is 5.00. The topological polar surface area (TPSA) is 52.5 Å². The van der Waals surface area contributed by atoms with Crippen LogP contribution in [0.25, 0.3) is 16.9 Å². The van der Waals surface area contributed by atoms with Crippen LogP contribution in [0.3, 0.4) is 0 Å². The molecule has 0 saturated heterocycles. The van der Waals surface area contributed by atoms with E-state index in [2.05, 4.69) is 16.8 Å². The molecule has 0 unspecified atom stereocenters. The molecule has 29 heavy (non-hydrogen) atoms. The number of unbranched alkanes of at least 4 members (excludes halogenated alkanes) is 1. The van der Waals surface area contributed by atoms with Gasteiger partial charge in [-0.3, -0.25) is 4.79 Å². The van der Waals surface area contributed by atoms with Crippen LogP contribution in [0.2, 0.25) is 0 Å². The van der Waals surface area contributed by atoms with Crippen molar-refractivity contribution < 1.29 is 14.3 Å². The number of nitrogens with zero attached hydrogens (tertiary/aromatic N) is 1. The molecule has 0 aliphatic heterocycles. The van der Waals surface area contributed by atoms with Gasteiger partial charge in [0.2, 0.25) is 0 Å². The second-order valence-corrected chi connectivity index (χ2v) is 6.88. The maximum absolute atomic E-state index is 12.8. The number of ether oxygens (including phenoxy) is 2. The molecule has 0 bridgehead atoms. The van der Waals surface area contributed by atoms with Gasteiger partial charge in [-0.05, 0) is 37.1 Å². The van der Waals surface area contributed by atoms with Crippen LogP contribution < -0.4 is 14.8 Å². The molecule has 2 aromatic carbocycles. The Morgan fingerprint density at radius 2 is 1.72 bits per heavy atom. The standard InChI is InChI=1S/C24H28N2O3/c1-5-6-14-25-24(27)20-16-21(18-10-8-7-9-11-18)26(17(20)2)19-12-13-22(28-3)23(15-19)29-4/h7-13,15-16H,5-6,14H2,1-4H3,(H,25,27). The summed E-state index contributed by atoms with van der Waals surface area (Å²) < 4.78 is 12.9. The van der Waals surface area contributed by atoms with Crippen LogP contribution >= 0.6 is 0 Å². The highest BCUT2D eigenvalue weighted by molar-refractivity contribution is 5.97. The van der Waals surface area contributed by atoms with Crippen LogP contribution in [0.1, 0.15) is 35.8 Å². The smallest absolute Gasteiger partial charge is 0.253 e. The zero-order chi connectivity index (χ0) is 20.8. The van der Waals surface area contributed by atoms with Gasteiger partial charge in [-0.25, -0.2) is 0 Å². The summed E-state index contributed by atoms with van der Waals surface area (Å²) in [4.78, 5) is 12.8. The number of carbonyl (C=O) groups is 1. The Morgan fingerprint density at radius 3 is 2.38 bits per heavy atom. The van der Waals surface area contributed by atoms with Crippen molar-refractivity contribution in [2.24, 2.45) is 0 Å². The predicted molar refractivity (Wildman–Crippen MR) is 116 cm³/mol. The SMILES string of the molecule is CCCCNC(=O)c1cc(-c2ccccc2)n(-c2ccc(OC)c(OC)c2)c1C. The van der Waals surface area contributed by atoms with Crippen molar-refractivity contribution in [1.29, 1.82) is 0 Å². The number of hydrogen-bond acceptors (Lipinski definition) is 3. The Kier molecular flexibility index (Phi) is 6.60. The third kappa shape index (κ3) is 4.29. The molecule has 0 spiro atoms. The van der Waals surface area contributed by atoms with Gasteiger partial charge in [-0.2, -0.15) is 0 Å². The van der Waals surface area contributed by atoms with E-state index in [0.29, 0.717) is 23.6 Å². The molecule has 5 nitrogen and oxygen atoms in total. The fourth-order valence-corrected chi connectivity index (χ4v) is 3.43. The zero-order valence-corrected chi connectivity index (χ0v) is 17.5. The second-order valence-electron chi connectivity index (χ2n) is 6.88. The summed E-state index contributed by atoms with van der Waals surface area (Å²) in [5.41, 5.74) is 4.46. The molecule has 0 aliphatic rings. The normalized spacial score (nSPS) is 10.6. The van der Waals surface area contributed by atoms with Crippen LogP contribution in [0, 0.1) is 6.92 Å². The lowest BCUT2D eigenvalue weighted by molar-refractivity contribution is 0.0952. The highest BCUT2D eigenvalue weighted by Gasteiger charge is 2.20. The number of methoxy groups -OCH3 is 2. The molecule has 1 amide bonds. The van der Waals surface area contributed by atoms with Crippen LogP contribution in [0.15, 0.2) is 54.6 Å². The first-order chi connectivity index (χ1) is 14.1. The molecule has 1 aromatic heterocycles. The first-order valence-electron chi connectivity index (χ1n) is 9.89. The highest BCUT2D eigenvalue weighted by Crippen LogP contribution is 2.34. The number of aromatic nitrogens is 1. The summed E-state index contributed by atoms with van der Waals surface area (Å²) >= 11 is 0. The van der Waals surface area contributed by atoms with E-state index in [-0.39, 0.29) is 5.91 Å². The Labute approximate surface area is 172 Å². The summed E-state index contributed by atoms with van der Waals surface area (Å²) in [5, 5.41) is 3.03. The lowest BCUT2D eigenvalue weighted by Gasteiger charge is -2.15. The largest absolute Gasteiger partial charge is 0.493 e. The average molecular weight is 392 g/mol. The minimum Gasteiger partial charge on any atom is -0.493 e. The zero-order valence-electron chi connectivity index (χ0n) is 17.5. The van der Waals surface area contributed by atoms with Crippen molar-refractivity contribution in [3.05, 3.63) is 65.9 Å². The molecule has 1 N–H and O–H groups in total. The fraction of sp³-hybridized carbons (Fsp3) is 0.292. The number of rotatable bonds is 8. The molecular formula is C24H28N2O3. The third-order valence-electron chi connectivity index (χ3n) is 5.00. The first kappa shape index (κ1) is 20.5. The van der Waals surface area contributed by atoms with Gasteiger partial charge < -0.3 is 19.4 Å². The molecule has 3 rings (SSSR count). The van der Waals surface area contributed by atoms with Gasteiger partial charge in [0.1, 0.15) is 0 Å². The second kappa shape index (κ2) is 9.32. The van der Waals surface area contributed by atoms with Crippen molar-refractivity contribution in [2.75, 3.05) is 20.8 Å². The van der Waals surface area contributed by atoms with E-state index in [1.54, 1.807) is 14.2 Å². The molecule has 0 radical (unpaired) electrons. The van der Waals surface area contributed by atoms with E-state index < -0.39 is 0 Å². The lowest BCUT2D eigenvalue weighted by Crippen LogP contribution is -2.24. The molecular weight excluding hydrogens is 364 g/mol. The van der Waals surface area contributed by atoms with Gasteiger partial charge in [0.15, 0.2) is 11.5 Å². The predicted octanol–water partition coefficient (Wildman–Crippen LogP) is 5.00. The molecule has 5 heteroatoms. The molecule has 3 aromatic rings. The van der Waals surface area contributed by atoms with Crippen molar-refractivity contribution in [1.82, 2.24) is 9.88 Å². The number of nitrogens with one attached hydrogen (secondary N) is 1. The summed E-state index contributed by atoms with van der Waals surface area (Å²) in [6, 6.07) is 17.8. The maximum Gasteiger partial charge on any atom is 0.253 e. The summed E-state index contributed by atoms with van der Waals surface area (Å²) in [7, 11) is 3.24. The van der Waals surface area contributed by atoms with Crippen LogP contribution in [-0.4, -0.2) is 31.2 Å². The molecule has 152 valence electrons. The Morgan fingerprint density at radius 1 is 1.00 bits per heavy atom. The van der Waals surface area contributed by atoms with Crippen molar-refractivity contribution in [2.45, 2.75) is 26.7 Å². The average Bonchev–Trinajstić information content (AvgIpc) is 3.11. The Balaban J connectivity index is 2.13. The van der Waals surface area contributed by atoms with Crippen molar-refractivity contribution in [3.63, 3.8) is 0 Å². The van der Waals surface area contributed by atoms with Gasteiger partial charge in [0.05, 0.1) is 25.5 Å². The van der Waals surface area contributed by atoms with Crippen molar-refractivity contribution in [3.8, 4) is 28.4 Å². The van der Waals surface area contributed by atoms with Gasteiger partial charge in [-0.15, -0.1) is 0 Å². The van der Waals surface area contributed by atoms with E-state index in [9.17, 15) is 4.79 Å². The highest BCUT2D eigenvalue weighted by atomic mass is 16.5. The van der Waals surface area contributed by atoms with Gasteiger partial charge in [-0.1, -0.05) is 43.7 Å². The van der Waals surface area contributed by atoms with E-state index in [0.717, 1.165) is 35.5 Å². The quantitative estimate of drug-likeness (QED) is 0.549. The van der Waals surface area contributed by atoms with Crippen LogP contribution in [0.4, 0.5) is 0 Å². The molecule has 0 aliphatic carbocycles. The Hall–Kier alpha value is -3.21. The Bertz CT molecular complexity index is 977. The van der Waals surface area contributed by atoms with E-state index in [1.807, 2.05) is 61.5 Å².